The Morgan fingerprint density at radius 3 is 2.32 bits per heavy atom. The van der Waals surface area contributed by atoms with Crippen molar-refractivity contribution in [2.24, 2.45) is 11.3 Å². The lowest BCUT2D eigenvalue weighted by molar-refractivity contribution is -0.144. The number of carbonyl (C=O) groups is 4. The van der Waals surface area contributed by atoms with Crippen LogP contribution < -0.4 is 5.32 Å². The predicted molar refractivity (Wildman–Crippen MR) is 86.6 cm³/mol. The Balaban J connectivity index is 2.29. The number of carboxylic acid groups (broad SMARTS) is 1. The summed E-state index contributed by atoms with van der Waals surface area (Å²) in [4.78, 5) is 48.3. The number of alkyl halides is 1. The summed E-state index contributed by atoms with van der Waals surface area (Å²) >= 11 is 0. The van der Waals surface area contributed by atoms with Crippen molar-refractivity contribution < 1.29 is 28.7 Å². The van der Waals surface area contributed by atoms with Gasteiger partial charge >= 0.3 is 5.97 Å². The minimum absolute atomic E-state index is 0.0941. The Bertz CT molecular complexity index is 584. The SMILES string of the molecule is CC(C)(C)[C@@](C=O)(CN1CC(C=O)C[C@@H]1C(=O)O)NC(=O)C1(F)CC1. The van der Waals surface area contributed by atoms with Crippen LogP contribution in [0, 0.1) is 11.3 Å². The number of amides is 1. The fourth-order valence-electron chi connectivity index (χ4n) is 3.15. The topological polar surface area (TPSA) is 104 Å². The van der Waals surface area contributed by atoms with Crippen LogP contribution >= 0.6 is 0 Å². The maximum Gasteiger partial charge on any atom is 0.320 e. The molecule has 140 valence electrons. The fraction of sp³-hybridized carbons (Fsp3) is 0.765. The van der Waals surface area contributed by atoms with Gasteiger partial charge in [0.2, 0.25) is 0 Å². The Hall–Kier alpha value is -1.83. The highest BCUT2D eigenvalue weighted by atomic mass is 19.1. The molecule has 2 fully saturated rings. The van der Waals surface area contributed by atoms with E-state index in [4.69, 9.17) is 0 Å². The summed E-state index contributed by atoms with van der Waals surface area (Å²) in [5.41, 5.74) is -4.18. The summed E-state index contributed by atoms with van der Waals surface area (Å²) in [5.74, 6) is -2.38. The second-order valence-electron chi connectivity index (χ2n) is 8.17. The van der Waals surface area contributed by atoms with Gasteiger partial charge in [-0.05, 0) is 24.7 Å². The molecular formula is C17H25FN2O5. The van der Waals surface area contributed by atoms with E-state index in [0.717, 1.165) is 0 Å². The Morgan fingerprint density at radius 1 is 1.32 bits per heavy atom. The first-order valence-electron chi connectivity index (χ1n) is 8.38. The lowest BCUT2D eigenvalue weighted by Gasteiger charge is -2.44. The molecule has 1 amide bonds. The number of likely N-dealkylation sites (tertiary alicyclic amines) is 1. The highest BCUT2D eigenvalue weighted by Crippen LogP contribution is 2.41. The maximum atomic E-state index is 14.1. The number of nitrogens with zero attached hydrogens (tertiary/aromatic N) is 1. The van der Waals surface area contributed by atoms with Crippen molar-refractivity contribution in [3.8, 4) is 0 Å². The van der Waals surface area contributed by atoms with Gasteiger partial charge in [-0.1, -0.05) is 20.8 Å². The third kappa shape index (κ3) is 3.73. The molecule has 1 unspecified atom stereocenters. The smallest absolute Gasteiger partial charge is 0.320 e. The van der Waals surface area contributed by atoms with Gasteiger partial charge in [0.05, 0.1) is 0 Å². The lowest BCUT2D eigenvalue weighted by atomic mass is 9.73. The highest BCUT2D eigenvalue weighted by molar-refractivity contribution is 5.91. The first kappa shape index (κ1) is 19.5. The zero-order valence-corrected chi connectivity index (χ0v) is 14.8. The molecule has 0 spiro atoms. The third-order valence-corrected chi connectivity index (χ3v) is 5.34. The second-order valence-corrected chi connectivity index (χ2v) is 8.17. The van der Waals surface area contributed by atoms with Crippen LogP contribution in [0.2, 0.25) is 0 Å². The van der Waals surface area contributed by atoms with Gasteiger partial charge in [0.15, 0.2) is 5.67 Å². The standard InChI is InChI=1S/C17H25FN2O5/c1-15(2,3)17(10-22,19-14(25)16(18)4-5-16)9-20-7-11(8-21)6-12(20)13(23)24/h8,10-12H,4-7,9H2,1-3H3,(H,19,25)(H,23,24)/t11?,12-,17+/m1/s1. The number of nitrogens with one attached hydrogen (secondary N) is 1. The number of rotatable bonds is 7. The summed E-state index contributed by atoms with van der Waals surface area (Å²) < 4.78 is 14.1. The van der Waals surface area contributed by atoms with Crippen LogP contribution in [-0.2, 0) is 19.2 Å². The Kier molecular flexibility index (Phi) is 5.05. The number of hydrogen-bond donors (Lipinski definition) is 2. The molecule has 1 heterocycles. The van der Waals surface area contributed by atoms with Gasteiger partial charge in [-0.3, -0.25) is 14.5 Å². The minimum atomic E-state index is -1.94. The maximum absolute atomic E-state index is 14.1. The average Bonchev–Trinajstić information content (AvgIpc) is 3.13. The molecule has 3 atom stereocenters. The largest absolute Gasteiger partial charge is 0.480 e. The van der Waals surface area contributed by atoms with Gasteiger partial charge in [0.25, 0.3) is 5.91 Å². The fourth-order valence-corrected chi connectivity index (χ4v) is 3.15. The van der Waals surface area contributed by atoms with Gasteiger partial charge in [-0.15, -0.1) is 0 Å². The van der Waals surface area contributed by atoms with Crippen molar-refractivity contribution in [3.05, 3.63) is 0 Å². The number of halogens is 1. The van der Waals surface area contributed by atoms with Crippen LogP contribution in [0.3, 0.4) is 0 Å². The molecule has 2 rings (SSSR count). The molecule has 8 heteroatoms. The van der Waals surface area contributed by atoms with Gasteiger partial charge in [0.1, 0.15) is 24.2 Å². The zero-order chi connectivity index (χ0) is 19.0. The van der Waals surface area contributed by atoms with Crippen LogP contribution in [0.5, 0.6) is 0 Å². The molecule has 1 aliphatic heterocycles. The van der Waals surface area contributed by atoms with E-state index in [-0.39, 0.29) is 32.4 Å². The van der Waals surface area contributed by atoms with Crippen LogP contribution in [-0.4, -0.2) is 64.8 Å². The molecule has 2 N–H and O–H groups in total. The molecule has 7 nitrogen and oxygen atoms in total. The number of hydrogen-bond acceptors (Lipinski definition) is 5. The van der Waals surface area contributed by atoms with E-state index in [1.165, 1.54) is 4.90 Å². The molecule has 0 aromatic heterocycles. The monoisotopic (exact) mass is 356 g/mol. The van der Waals surface area contributed by atoms with Gasteiger partial charge in [-0.25, -0.2) is 4.39 Å². The molecule has 1 saturated heterocycles. The van der Waals surface area contributed by atoms with Crippen LogP contribution in [0.1, 0.15) is 40.0 Å². The Labute approximate surface area is 145 Å². The molecule has 0 aromatic carbocycles. The van der Waals surface area contributed by atoms with E-state index in [1.54, 1.807) is 20.8 Å². The van der Waals surface area contributed by atoms with Crippen molar-refractivity contribution in [2.45, 2.75) is 57.3 Å². The van der Waals surface area contributed by atoms with Crippen molar-refractivity contribution in [1.82, 2.24) is 10.2 Å². The molecule has 1 saturated carbocycles. The van der Waals surface area contributed by atoms with Gasteiger partial charge in [-0.2, -0.15) is 0 Å². The molecule has 1 aliphatic carbocycles. The molecule has 2 aliphatic rings. The Morgan fingerprint density at radius 2 is 1.92 bits per heavy atom. The van der Waals surface area contributed by atoms with Crippen LogP contribution in [0.15, 0.2) is 0 Å². The molecular weight excluding hydrogens is 331 g/mol. The average molecular weight is 356 g/mol. The summed E-state index contributed by atoms with van der Waals surface area (Å²) in [5, 5.41) is 11.9. The highest BCUT2D eigenvalue weighted by Gasteiger charge is 2.56. The number of carbonyl (C=O) groups excluding carboxylic acids is 3. The van der Waals surface area contributed by atoms with E-state index in [9.17, 15) is 28.7 Å². The van der Waals surface area contributed by atoms with Crippen LogP contribution in [0.4, 0.5) is 4.39 Å². The third-order valence-electron chi connectivity index (χ3n) is 5.34. The van der Waals surface area contributed by atoms with Gasteiger partial charge < -0.3 is 20.0 Å². The first-order chi connectivity index (χ1) is 11.5. The molecule has 0 aromatic rings. The predicted octanol–water partition coefficient (Wildman–Crippen LogP) is 0.563. The van der Waals surface area contributed by atoms with Crippen molar-refractivity contribution >= 4 is 24.4 Å². The van der Waals surface area contributed by atoms with E-state index < -0.39 is 40.5 Å². The van der Waals surface area contributed by atoms with Crippen molar-refractivity contribution in [2.75, 3.05) is 13.1 Å². The summed E-state index contributed by atoms with van der Waals surface area (Å²) in [6.45, 7) is 5.26. The molecule has 25 heavy (non-hydrogen) atoms. The summed E-state index contributed by atoms with van der Waals surface area (Å²) in [6, 6.07) is -0.922. The summed E-state index contributed by atoms with van der Waals surface area (Å²) in [6.07, 6.45) is 1.65. The van der Waals surface area contributed by atoms with Crippen LogP contribution in [0.25, 0.3) is 0 Å². The molecule has 0 bridgehead atoms. The van der Waals surface area contributed by atoms with E-state index in [1.807, 2.05) is 0 Å². The zero-order valence-electron chi connectivity index (χ0n) is 14.8. The quantitative estimate of drug-likeness (QED) is 0.646. The first-order valence-corrected chi connectivity index (χ1v) is 8.38. The summed E-state index contributed by atoms with van der Waals surface area (Å²) in [7, 11) is 0. The van der Waals surface area contributed by atoms with E-state index in [2.05, 4.69) is 5.32 Å². The normalized spacial score (nSPS) is 28.0. The van der Waals surface area contributed by atoms with E-state index in [0.29, 0.717) is 12.6 Å². The second kappa shape index (κ2) is 6.48. The number of carboxylic acids is 1. The number of aldehydes is 2. The lowest BCUT2D eigenvalue weighted by Crippen LogP contribution is -2.66. The van der Waals surface area contributed by atoms with E-state index >= 15 is 0 Å². The van der Waals surface area contributed by atoms with Gasteiger partial charge in [0, 0.05) is 19.0 Å². The van der Waals surface area contributed by atoms with Crippen molar-refractivity contribution in [3.63, 3.8) is 0 Å². The van der Waals surface area contributed by atoms with Crippen molar-refractivity contribution in [1.29, 1.82) is 0 Å². The minimum Gasteiger partial charge on any atom is -0.480 e. The number of aliphatic carboxylic acids is 1. The molecule has 0 radical (unpaired) electrons.